The number of aromatic nitrogens is 1. The molecule has 2 N–H and O–H groups in total. The van der Waals surface area contributed by atoms with Gasteiger partial charge in [-0.2, -0.15) is 0 Å². The van der Waals surface area contributed by atoms with Gasteiger partial charge in [-0.3, -0.25) is 4.79 Å². The second kappa shape index (κ2) is 5.00. The first kappa shape index (κ1) is 14.1. The second-order valence-corrected chi connectivity index (χ2v) is 6.97. The van der Waals surface area contributed by atoms with Crippen LogP contribution in [0.1, 0.15) is 24.8 Å². The van der Waals surface area contributed by atoms with Crippen molar-refractivity contribution in [3.05, 3.63) is 35.0 Å². The third kappa shape index (κ3) is 2.05. The largest absolute Gasteiger partial charge is 0.394 e. The topological polar surface area (TPSA) is 56.3 Å². The van der Waals surface area contributed by atoms with E-state index in [4.69, 9.17) is 11.6 Å². The van der Waals surface area contributed by atoms with Crippen LogP contribution >= 0.6 is 11.6 Å². The molecule has 1 amide bonds. The number of aliphatic hydroxyl groups excluding tert-OH is 1. The quantitative estimate of drug-likeness (QED) is 0.914. The van der Waals surface area contributed by atoms with E-state index in [1.807, 2.05) is 29.3 Å². The summed E-state index contributed by atoms with van der Waals surface area (Å²) < 4.78 is 0. The number of nitrogens with one attached hydrogen (secondary N) is 1. The molecule has 1 saturated heterocycles. The molecule has 1 aromatic heterocycles. The third-order valence-corrected chi connectivity index (χ3v) is 5.55. The van der Waals surface area contributed by atoms with Crippen LogP contribution in [0.2, 0.25) is 5.02 Å². The zero-order valence-electron chi connectivity index (χ0n) is 12.3. The van der Waals surface area contributed by atoms with Crippen LogP contribution in [0.15, 0.2) is 24.4 Å². The Morgan fingerprint density at radius 1 is 1.50 bits per heavy atom. The molecule has 0 bridgehead atoms. The van der Waals surface area contributed by atoms with Crippen LogP contribution in [0.3, 0.4) is 0 Å². The number of piperidine rings is 1. The minimum atomic E-state index is -0.259. The molecule has 1 saturated carbocycles. The lowest BCUT2D eigenvalue weighted by Crippen LogP contribution is -2.49. The molecule has 2 atom stereocenters. The summed E-state index contributed by atoms with van der Waals surface area (Å²) in [5.74, 6) is 0.615. The summed E-state index contributed by atoms with van der Waals surface area (Å²) in [6.07, 6.45) is 5.39. The predicted octanol–water partition coefficient (Wildman–Crippen LogP) is 2.74. The van der Waals surface area contributed by atoms with Crippen LogP contribution in [0.25, 0.3) is 10.9 Å². The lowest BCUT2D eigenvalue weighted by Gasteiger charge is -2.35. The zero-order valence-corrected chi connectivity index (χ0v) is 13.1. The summed E-state index contributed by atoms with van der Waals surface area (Å²) in [5.41, 5.74) is 1.69. The molecule has 1 aliphatic carbocycles. The SMILES string of the molecule is O=C(Cc1c[nH]c2cc(Cl)ccc12)N1CCC[C@@H]2C[C@@]21CO. The molecule has 0 radical (unpaired) electrons. The van der Waals surface area contributed by atoms with E-state index in [0.717, 1.165) is 42.3 Å². The third-order valence-electron chi connectivity index (χ3n) is 5.32. The van der Waals surface area contributed by atoms with Gasteiger partial charge in [0.15, 0.2) is 0 Å². The number of carbonyl (C=O) groups excluding carboxylic acids is 1. The molecule has 1 aliphatic heterocycles. The van der Waals surface area contributed by atoms with E-state index in [2.05, 4.69) is 4.98 Å². The number of aliphatic hydroxyl groups is 1. The van der Waals surface area contributed by atoms with Crippen molar-refractivity contribution in [3.63, 3.8) is 0 Å². The lowest BCUT2D eigenvalue weighted by atomic mass is 10.0. The summed E-state index contributed by atoms with van der Waals surface area (Å²) >= 11 is 5.99. The van der Waals surface area contributed by atoms with Crippen molar-refractivity contribution in [1.82, 2.24) is 9.88 Å². The number of H-pyrrole nitrogens is 1. The molecule has 2 aliphatic rings. The van der Waals surface area contributed by atoms with Crippen molar-refractivity contribution in [2.45, 2.75) is 31.2 Å². The van der Waals surface area contributed by atoms with E-state index in [1.54, 1.807) is 0 Å². The highest BCUT2D eigenvalue weighted by Gasteiger charge is 2.60. The van der Waals surface area contributed by atoms with Gasteiger partial charge in [0.1, 0.15) is 0 Å². The van der Waals surface area contributed by atoms with Crippen molar-refractivity contribution in [2.24, 2.45) is 5.92 Å². The highest BCUT2D eigenvalue weighted by molar-refractivity contribution is 6.31. The average Bonchev–Trinajstić information content (AvgIpc) is 3.15. The molecule has 0 spiro atoms. The average molecular weight is 319 g/mol. The maximum Gasteiger partial charge on any atom is 0.227 e. The number of amides is 1. The molecule has 4 rings (SSSR count). The van der Waals surface area contributed by atoms with Crippen molar-refractivity contribution in [3.8, 4) is 0 Å². The van der Waals surface area contributed by atoms with Gasteiger partial charge in [-0.05, 0) is 42.9 Å². The van der Waals surface area contributed by atoms with Crippen LogP contribution in [-0.4, -0.2) is 39.6 Å². The summed E-state index contributed by atoms with van der Waals surface area (Å²) in [6, 6.07) is 5.67. The van der Waals surface area contributed by atoms with Crippen LogP contribution in [0.4, 0.5) is 0 Å². The lowest BCUT2D eigenvalue weighted by molar-refractivity contribution is -0.136. The van der Waals surface area contributed by atoms with Gasteiger partial charge in [0.2, 0.25) is 5.91 Å². The molecule has 116 valence electrons. The van der Waals surface area contributed by atoms with Crippen LogP contribution in [-0.2, 0) is 11.2 Å². The van der Waals surface area contributed by atoms with Gasteiger partial charge in [0.25, 0.3) is 0 Å². The molecule has 22 heavy (non-hydrogen) atoms. The molecule has 1 aromatic carbocycles. The molecule has 4 nitrogen and oxygen atoms in total. The molecule has 5 heteroatoms. The molecular formula is C17H19ClN2O2. The number of aromatic amines is 1. The first-order valence-electron chi connectivity index (χ1n) is 7.81. The van der Waals surface area contributed by atoms with E-state index in [9.17, 15) is 9.90 Å². The minimum Gasteiger partial charge on any atom is -0.394 e. The summed E-state index contributed by atoms with van der Waals surface area (Å²) in [4.78, 5) is 17.9. The van der Waals surface area contributed by atoms with Gasteiger partial charge in [-0.1, -0.05) is 17.7 Å². The molecule has 2 fully saturated rings. The first-order valence-corrected chi connectivity index (χ1v) is 8.19. The van der Waals surface area contributed by atoms with E-state index < -0.39 is 0 Å². The number of nitrogens with zero attached hydrogens (tertiary/aromatic N) is 1. The van der Waals surface area contributed by atoms with Crippen LogP contribution in [0.5, 0.6) is 0 Å². The minimum absolute atomic E-state index is 0.0902. The Morgan fingerprint density at radius 3 is 3.18 bits per heavy atom. The van der Waals surface area contributed by atoms with E-state index in [1.165, 1.54) is 0 Å². The van der Waals surface area contributed by atoms with Crippen molar-refractivity contribution >= 4 is 28.4 Å². The fourth-order valence-corrected chi connectivity index (χ4v) is 4.17. The van der Waals surface area contributed by atoms with Crippen molar-refractivity contribution in [2.75, 3.05) is 13.2 Å². The maximum absolute atomic E-state index is 12.8. The maximum atomic E-state index is 12.8. The van der Waals surface area contributed by atoms with E-state index in [0.29, 0.717) is 17.4 Å². The van der Waals surface area contributed by atoms with Crippen LogP contribution in [0, 0.1) is 5.92 Å². The number of hydrogen-bond donors (Lipinski definition) is 2. The van der Waals surface area contributed by atoms with Gasteiger partial charge in [0, 0.05) is 28.7 Å². The first-order chi connectivity index (χ1) is 10.6. The number of likely N-dealkylation sites (tertiary alicyclic amines) is 1. The van der Waals surface area contributed by atoms with Gasteiger partial charge in [-0.25, -0.2) is 0 Å². The normalized spacial score (nSPS) is 27.0. The van der Waals surface area contributed by atoms with Gasteiger partial charge in [-0.15, -0.1) is 0 Å². The number of halogens is 1. The standard InChI is InChI=1S/C17H19ClN2O2/c18-13-3-4-14-11(9-19-15(14)7-13)6-16(22)20-5-1-2-12-8-17(12,20)10-21/h3-4,7,9,12,19,21H,1-2,5-6,8,10H2/t12-,17-/m1/s1. The van der Waals surface area contributed by atoms with E-state index in [-0.39, 0.29) is 18.1 Å². The highest BCUT2D eigenvalue weighted by atomic mass is 35.5. The Hall–Kier alpha value is -1.52. The van der Waals surface area contributed by atoms with Gasteiger partial charge < -0.3 is 15.0 Å². The Bertz CT molecular complexity index is 741. The Morgan fingerprint density at radius 2 is 2.36 bits per heavy atom. The van der Waals surface area contributed by atoms with Crippen LogP contribution < -0.4 is 0 Å². The van der Waals surface area contributed by atoms with E-state index >= 15 is 0 Å². The van der Waals surface area contributed by atoms with Crippen molar-refractivity contribution < 1.29 is 9.90 Å². The van der Waals surface area contributed by atoms with Gasteiger partial charge in [0.05, 0.1) is 18.6 Å². The second-order valence-electron chi connectivity index (χ2n) is 6.53. The molecule has 2 heterocycles. The summed E-state index contributed by atoms with van der Waals surface area (Å²) in [7, 11) is 0. The number of benzene rings is 1. The summed E-state index contributed by atoms with van der Waals surface area (Å²) in [6.45, 7) is 0.858. The zero-order chi connectivity index (χ0) is 15.3. The van der Waals surface area contributed by atoms with Crippen molar-refractivity contribution in [1.29, 1.82) is 0 Å². The number of fused-ring (bicyclic) bond motifs is 2. The Labute approximate surface area is 134 Å². The predicted molar refractivity (Wildman–Crippen MR) is 85.9 cm³/mol. The fourth-order valence-electron chi connectivity index (χ4n) is 4.00. The Kier molecular flexibility index (Phi) is 3.20. The monoisotopic (exact) mass is 318 g/mol. The summed E-state index contributed by atoms with van der Waals surface area (Å²) in [5, 5.41) is 11.5. The fraction of sp³-hybridized carbons (Fsp3) is 0.471. The highest BCUT2D eigenvalue weighted by Crippen LogP contribution is 2.53. The molecule has 0 unspecified atom stereocenters. The Balaban J connectivity index is 1.58. The molecule has 2 aromatic rings. The number of rotatable bonds is 3. The van der Waals surface area contributed by atoms with Gasteiger partial charge >= 0.3 is 0 Å². The number of hydrogen-bond acceptors (Lipinski definition) is 2. The molecular weight excluding hydrogens is 300 g/mol. The number of carbonyl (C=O) groups is 1. The smallest absolute Gasteiger partial charge is 0.227 e.